The molecule has 44 heavy (non-hydrogen) atoms. The summed E-state index contributed by atoms with van der Waals surface area (Å²) in [4.78, 5) is 37.5. The predicted molar refractivity (Wildman–Crippen MR) is 152 cm³/mol. The van der Waals surface area contributed by atoms with Gasteiger partial charge in [-0.2, -0.15) is 13.2 Å². The molecule has 0 spiro atoms. The van der Waals surface area contributed by atoms with E-state index in [0.29, 0.717) is 38.9 Å². The van der Waals surface area contributed by atoms with Crippen molar-refractivity contribution >= 4 is 45.9 Å². The van der Waals surface area contributed by atoms with Crippen molar-refractivity contribution in [2.24, 2.45) is 0 Å². The Morgan fingerprint density at radius 2 is 1.91 bits per heavy atom. The molecule has 0 radical (unpaired) electrons. The molecule has 5 rings (SSSR count). The van der Waals surface area contributed by atoms with Crippen LogP contribution in [-0.2, 0) is 25.7 Å². The number of fused-ring (bicyclic) bond motifs is 1. The van der Waals surface area contributed by atoms with Gasteiger partial charge in [-0.25, -0.2) is 14.8 Å². The number of anilines is 2. The van der Waals surface area contributed by atoms with Crippen molar-refractivity contribution in [3.05, 3.63) is 77.8 Å². The number of hydrogen-bond donors (Lipinski definition) is 1. The number of carbonyl (C=O) groups excluding carboxylic acids is 2. The van der Waals surface area contributed by atoms with Crippen LogP contribution < -0.4 is 14.8 Å². The van der Waals surface area contributed by atoms with Crippen molar-refractivity contribution in [3.8, 4) is 11.5 Å². The van der Waals surface area contributed by atoms with Gasteiger partial charge in [0.15, 0.2) is 6.61 Å². The third-order valence-electron chi connectivity index (χ3n) is 6.40. The number of nitrogens with one attached hydrogen (secondary N) is 1. The Labute approximate surface area is 253 Å². The van der Waals surface area contributed by atoms with E-state index in [2.05, 4.69) is 25.0 Å². The highest BCUT2D eigenvalue weighted by Crippen LogP contribution is 2.34. The van der Waals surface area contributed by atoms with E-state index in [1.54, 1.807) is 42.6 Å². The smallest absolute Gasteiger partial charge is 0.490 e. The molecule has 4 aromatic rings. The first-order valence-electron chi connectivity index (χ1n) is 13.3. The molecule has 1 N–H and O–H groups in total. The maximum atomic E-state index is 12.4. The lowest BCUT2D eigenvalue weighted by Crippen LogP contribution is -2.49. The third-order valence-corrected chi connectivity index (χ3v) is 6.69. The number of halogens is 4. The highest BCUT2D eigenvalue weighted by Gasteiger charge is 2.41. The summed E-state index contributed by atoms with van der Waals surface area (Å²) in [7, 11) is 0. The van der Waals surface area contributed by atoms with E-state index < -0.39 is 30.8 Å². The molecule has 11 nitrogen and oxygen atoms in total. The molecule has 2 aromatic carbocycles. The topological polar surface area (TPSA) is 125 Å². The number of rotatable bonds is 10. The zero-order valence-corrected chi connectivity index (χ0v) is 23.7. The van der Waals surface area contributed by atoms with Crippen LogP contribution in [0.25, 0.3) is 10.9 Å². The van der Waals surface area contributed by atoms with Crippen LogP contribution in [0.4, 0.5) is 24.7 Å². The molecule has 3 heterocycles. The predicted octanol–water partition coefficient (Wildman–Crippen LogP) is 4.71. The van der Waals surface area contributed by atoms with Crippen molar-refractivity contribution in [2.75, 3.05) is 38.2 Å². The molecule has 1 fully saturated rings. The highest BCUT2D eigenvalue weighted by atomic mass is 35.5. The van der Waals surface area contributed by atoms with Gasteiger partial charge >= 0.3 is 12.1 Å². The summed E-state index contributed by atoms with van der Waals surface area (Å²) in [5, 5.41) is 4.18. The molecule has 0 unspecified atom stereocenters. The van der Waals surface area contributed by atoms with Crippen LogP contribution in [0.2, 0.25) is 5.02 Å². The van der Waals surface area contributed by atoms with Crippen LogP contribution in [0.15, 0.2) is 67.1 Å². The Balaban J connectivity index is 1.23. The van der Waals surface area contributed by atoms with Crippen molar-refractivity contribution in [1.29, 1.82) is 0 Å². The van der Waals surface area contributed by atoms with Gasteiger partial charge in [0.05, 0.1) is 34.8 Å². The van der Waals surface area contributed by atoms with E-state index in [-0.39, 0.29) is 32.9 Å². The second-order valence-corrected chi connectivity index (χ2v) is 9.88. The molecule has 1 atom stereocenters. The standard InChI is InChI=1S/C29H25ClF3N5O6/c30-21-12-18(7-8-23(21)42-14-19-4-1-2-9-34-19)37-27-26-22(35-17-36-27)5-3-6-24(26)43-15-20-13-38(10-11-41-20)25(39)16-44-28(40)29(31,32)33/h1-9,12,17,20H,10-11,13-16H2,(H,35,36,37)/t20-/m0/s1. The second-order valence-electron chi connectivity index (χ2n) is 9.47. The zero-order valence-electron chi connectivity index (χ0n) is 22.9. The number of esters is 1. The average Bonchev–Trinajstić information content (AvgIpc) is 3.02. The fourth-order valence-corrected chi connectivity index (χ4v) is 4.53. The Bertz CT molecular complexity index is 1620. The number of aromatic nitrogens is 3. The van der Waals surface area contributed by atoms with Crippen molar-refractivity contribution in [2.45, 2.75) is 18.9 Å². The van der Waals surface area contributed by atoms with Crippen LogP contribution in [0, 0.1) is 0 Å². The molecule has 1 amide bonds. The van der Waals surface area contributed by atoms with E-state index in [0.717, 1.165) is 5.69 Å². The fraction of sp³-hybridized carbons (Fsp3) is 0.276. The van der Waals surface area contributed by atoms with Gasteiger partial charge in [-0.15, -0.1) is 0 Å². The first-order valence-corrected chi connectivity index (χ1v) is 13.6. The highest BCUT2D eigenvalue weighted by molar-refractivity contribution is 6.32. The van der Waals surface area contributed by atoms with Crippen molar-refractivity contribution in [1.82, 2.24) is 19.9 Å². The monoisotopic (exact) mass is 631 g/mol. The Morgan fingerprint density at radius 3 is 2.68 bits per heavy atom. The van der Waals surface area contributed by atoms with Crippen LogP contribution in [0.3, 0.4) is 0 Å². The summed E-state index contributed by atoms with van der Waals surface area (Å²) < 4.78 is 58.8. The molecule has 0 bridgehead atoms. The van der Waals surface area contributed by atoms with Crippen molar-refractivity contribution < 1.29 is 41.7 Å². The Morgan fingerprint density at radius 1 is 1.05 bits per heavy atom. The van der Waals surface area contributed by atoms with E-state index in [9.17, 15) is 22.8 Å². The van der Waals surface area contributed by atoms with Crippen LogP contribution in [-0.4, -0.2) is 76.9 Å². The molecule has 2 aromatic heterocycles. The lowest BCUT2D eigenvalue weighted by molar-refractivity contribution is -0.201. The van der Waals surface area contributed by atoms with Crippen LogP contribution >= 0.6 is 11.6 Å². The molecule has 0 saturated carbocycles. The second kappa shape index (κ2) is 13.7. The van der Waals surface area contributed by atoms with Gasteiger partial charge in [0.25, 0.3) is 5.91 Å². The Hall–Kier alpha value is -4.69. The summed E-state index contributed by atoms with van der Waals surface area (Å²) in [6.45, 7) is -0.475. The Kier molecular flexibility index (Phi) is 9.60. The number of hydrogen-bond acceptors (Lipinski definition) is 10. The molecule has 1 saturated heterocycles. The summed E-state index contributed by atoms with van der Waals surface area (Å²) in [5.41, 5.74) is 1.98. The van der Waals surface area contributed by atoms with Gasteiger partial charge in [0.1, 0.15) is 43.0 Å². The van der Waals surface area contributed by atoms with Gasteiger partial charge in [-0.05, 0) is 42.5 Å². The third kappa shape index (κ3) is 7.82. The maximum absolute atomic E-state index is 12.4. The number of carbonyl (C=O) groups is 2. The molecular weight excluding hydrogens is 607 g/mol. The molecule has 15 heteroatoms. The first-order chi connectivity index (χ1) is 21.2. The summed E-state index contributed by atoms with van der Waals surface area (Å²) in [6, 6.07) is 16.0. The number of pyridine rings is 1. The average molecular weight is 632 g/mol. The number of nitrogens with zero attached hydrogens (tertiary/aromatic N) is 4. The minimum absolute atomic E-state index is 0.00764. The molecule has 1 aliphatic rings. The molecule has 1 aliphatic heterocycles. The van der Waals surface area contributed by atoms with E-state index in [1.807, 2.05) is 18.2 Å². The molecule has 230 valence electrons. The van der Waals surface area contributed by atoms with Crippen molar-refractivity contribution in [3.63, 3.8) is 0 Å². The fourth-order valence-electron chi connectivity index (χ4n) is 4.29. The summed E-state index contributed by atoms with van der Waals surface area (Å²) in [5.74, 6) is -1.84. The normalized spacial score (nSPS) is 15.1. The van der Waals surface area contributed by atoms with Crippen LogP contribution in [0.5, 0.6) is 11.5 Å². The number of benzene rings is 2. The number of morpholine rings is 1. The molecular formula is C29H25ClF3N5O6. The van der Waals surface area contributed by atoms with E-state index in [4.69, 9.17) is 25.8 Å². The molecule has 0 aliphatic carbocycles. The number of alkyl halides is 3. The zero-order chi connectivity index (χ0) is 31.1. The summed E-state index contributed by atoms with van der Waals surface area (Å²) in [6.07, 6.45) is -2.69. The van der Waals surface area contributed by atoms with E-state index in [1.165, 1.54) is 11.2 Å². The van der Waals surface area contributed by atoms with Gasteiger partial charge < -0.3 is 29.2 Å². The SMILES string of the molecule is O=C(COC(=O)C(F)(F)F)N1CCO[C@H](COc2cccc3ncnc(Nc4ccc(OCc5ccccn5)c(Cl)c4)c23)C1. The maximum Gasteiger partial charge on any atom is 0.490 e. The van der Waals surface area contributed by atoms with Gasteiger partial charge in [-0.1, -0.05) is 23.7 Å². The number of amides is 1. The van der Waals surface area contributed by atoms with Crippen LogP contribution in [0.1, 0.15) is 5.69 Å². The van der Waals surface area contributed by atoms with E-state index >= 15 is 0 Å². The largest absolute Gasteiger partial charge is 0.490 e. The summed E-state index contributed by atoms with van der Waals surface area (Å²) >= 11 is 6.48. The first kappa shape index (κ1) is 30.8. The lowest BCUT2D eigenvalue weighted by Gasteiger charge is -2.32. The van der Waals surface area contributed by atoms with Gasteiger partial charge in [0, 0.05) is 18.4 Å². The minimum Gasteiger partial charge on any atom is -0.490 e. The minimum atomic E-state index is -5.18. The number of ether oxygens (including phenoxy) is 4. The van der Waals surface area contributed by atoms with Gasteiger partial charge in [0.2, 0.25) is 0 Å². The lowest BCUT2D eigenvalue weighted by atomic mass is 10.2. The quantitative estimate of drug-likeness (QED) is 0.246. The van der Waals surface area contributed by atoms with Gasteiger partial charge in [-0.3, -0.25) is 9.78 Å².